The molecule has 1 saturated carbocycles. The van der Waals surface area contributed by atoms with Gasteiger partial charge in [-0.25, -0.2) is 0 Å². The van der Waals surface area contributed by atoms with E-state index in [9.17, 15) is 4.79 Å². The van der Waals surface area contributed by atoms with Crippen molar-refractivity contribution in [1.82, 2.24) is 0 Å². The van der Waals surface area contributed by atoms with E-state index < -0.39 is 5.92 Å². The molecule has 0 amide bonds. The van der Waals surface area contributed by atoms with Crippen molar-refractivity contribution in [2.75, 3.05) is 7.11 Å². The highest BCUT2D eigenvalue weighted by Crippen LogP contribution is 2.35. The topological polar surface area (TPSA) is 50.1 Å². The second-order valence-electron chi connectivity index (χ2n) is 4.02. The Balaban J connectivity index is 2.25. The van der Waals surface area contributed by atoms with Crippen molar-refractivity contribution in [3.63, 3.8) is 0 Å². The third kappa shape index (κ3) is 2.06. The smallest absolute Gasteiger partial charge is 0.157 e. The van der Waals surface area contributed by atoms with Gasteiger partial charge in [-0.05, 0) is 30.5 Å². The van der Waals surface area contributed by atoms with Gasteiger partial charge in [0.2, 0.25) is 0 Å². The van der Waals surface area contributed by atoms with E-state index >= 15 is 0 Å². The van der Waals surface area contributed by atoms with E-state index in [0.717, 1.165) is 18.4 Å². The van der Waals surface area contributed by atoms with Crippen LogP contribution in [0.1, 0.15) is 24.3 Å². The number of carbonyl (C=O) groups excluding carboxylic acids is 1. The number of benzene rings is 1. The molecule has 0 heterocycles. The molecule has 0 spiro atoms. The summed E-state index contributed by atoms with van der Waals surface area (Å²) >= 11 is 0. The highest BCUT2D eigenvalue weighted by atomic mass is 16.5. The molecule has 0 radical (unpaired) electrons. The Morgan fingerprint density at radius 2 is 2.31 bits per heavy atom. The first-order chi connectivity index (χ1) is 7.76. The first-order valence-electron chi connectivity index (χ1n) is 5.33. The number of nitrogens with zero attached hydrogens (tertiary/aromatic N) is 1. The van der Waals surface area contributed by atoms with Crippen LogP contribution in [0.15, 0.2) is 24.3 Å². The minimum atomic E-state index is -0.636. The predicted octanol–water partition coefficient (Wildman–Crippen LogP) is 2.28. The van der Waals surface area contributed by atoms with Crippen LogP contribution in [0, 0.1) is 17.2 Å². The Morgan fingerprint density at radius 1 is 1.56 bits per heavy atom. The standard InChI is InChI=1S/C13H13NO2/c1-16-11-4-2-3-10(7-11)12(8-14)13(15)9-5-6-9/h2-4,7,9,12H,5-6H2,1H3. The molecule has 1 fully saturated rings. The zero-order valence-electron chi connectivity index (χ0n) is 9.14. The zero-order valence-corrected chi connectivity index (χ0v) is 9.14. The number of nitriles is 1. The lowest BCUT2D eigenvalue weighted by atomic mass is 9.93. The second-order valence-corrected chi connectivity index (χ2v) is 4.02. The number of rotatable bonds is 4. The van der Waals surface area contributed by atoms with Crippen LogP contribution in [0.5, 0.6) is 5.75 Å². The van der Waals surface area contributed by atoms with Crippen LogP contribution < -0.4 is 4.74 Å². The van der Waals surface area contributed by atoms with Gasteiger partial charge in [0, 0.05) is 5.92 Å². The molecule has 0 saturated heterocycles. The summed E-state index contributed by atoms with van der Waals surface area (Å²) in [5.74, 6) is 0.204. The lowest BCUT2D eigenvalue weighted by molar-refractivity contribution is -0.120. The lowest BCUT2D eigenvalue weighted by Crippen LogP contribution is -2.12. The molecule has 2 rings (SSSR count). The summed E-state index contributed by atoms with van der Waals surface area (Å²) in [7, 11) is 1.57. The fourth-order valence-corrected chi connectivity index (χ4v) is 1.73. The minimum absolute atomic E-state index is 0.0516. The molecule has 0 bridgehead atoms. The Kier molecular flexibility index (Phi) is 2.91. The van der Waals surface area contributed by atoms with Gasteiger partial charge in [0.05, 0.1) is 13.2 Å². The molecular weight excluding hydrogens is 202 g/mol. The molecule has 1 atom stereocenters. The fourth-order valence-electron chi connectivity index (χ4n) is 1.73. The van der Waals surface area contributed by atoms with Crippen LogP contribution in [0.25, 0.3) is 0 Å². The van der Waals surface area contributed by atoms with Crippen molar-refractivity contribution in [2.24, 2.45) is 5.92 Å². The maximum atomic E-state index is 11.9. The summed E-state index contributed by atoms with van der Waals surface area (Å²) in [6.45, 7) is 0. The number of methoxy groups -OCH3 is 1. The third-order valence-corrected chi connectivity index (χ3v) is 2.82. The Morgan fingerprint density at radius 3 is 2.88 bits per heavy atom. The van der Waals surface area contributed by atoms with Crippen molar-refractivity contribution in [3.8, 4) is 11.8 Å². The van der Waals surface area contributed by atoms with Crippen molar-refractivity contribution < 1.29 is 9.53 Å². The molecule has 16 heavy (non-hydrogen) atoms. The number of Topliss-reactive ketones (excluding diaryl/α,β-unsaturated/α-hetero) is 1. The van der Waals surface area contributed by atoms with Gasteiger partial charge in [-0.3, -0.25) is 4.79 Å². The monoisotopic (exact) mass is 215 g/mol. The number of ketones is 1. The van der Waals surface area contributed by atoms with E-state index in [1.54, 1.807) is 31.4 Å². The number of carbonyl (C=O) groups is 1. The molecule has 0 N–H and O–H groups in total. The van der Waals surface area contributed by atoms with Gasteiger partial charge in [-0.15, -0.1) is 0 Å². The van der Waals surface area contributed by atoms with Gasteiger partial charge in [0.15, 0.2) is 5.78 Å². The number of hydrogen-bond donors (Lipinski definition) is 0. The molecule has 1 unspecified atom stereocenters. The number of hydrogen-bond acceptors (Lipinski definition) is 3. The third-order valence-electron chi connectivity index (χ3n) is 2.82. The van der Waals surface area contributed by atoms with Crippen molar-refractivity contribution in [3.05, 3.63) is 29.8 Å². The summed E-state index contributed by atoms with van der Waals surface area (Å²) in [6.07, 6.45) is 1.86. The molecule has 82 valence electrons. The van der Waals surface area contributed by atoms with Gasteiger partial charge in [0.25, 0.3) is 0 Å². The maximum Gasteiger partial charge on any atom is 0.157 e. The number of ether oxygens (including phenoxy) is 1. The van der Waals surface area contributed by atoms with E-state index in [0.29, 0.717) is 5.75 Å². The predicted molar refractivity (Wildman–Crippen MR) is 59.1 cm³/mol. The zero-order chi connectivity index (χ0) is 11.5. The highest BCUT2D eigenvalue weighted by molar-refractivity contribution is 5.92. The fraction of sp³-hybridized carbons (Fsp3) is 0.385. The van der Waals surface area contributed by atoms with Crippen LogP contribution in [-0.2, 0) is 4.79 Å². The molecule has 0 aromatic heterocycles. The SMILES string of the molecule is COc1cccc(C(C#N)C(=O)C2CC2)c1. The summed E-state index contributed by atoms with van der Waals surface area (Å²) in [5, 5.41) is 9.08. The van der Waals surface area contributed by atoms with Gasteiger partial charge in [-0.2, -0.15) is 5.26 Å². The summed E-state index contributed by atoms with van der Waals surface area (Å²) in [5.41, 5.74) is 0.735. The molecule has 1 aromatic carbocycles. The van der Waals surface area contributed by atoms with E-state index in [1.165, 1.54) is 0 Å². The van der Waals surface area contributed by atoms with Gasteiger partial charge >= 0.3 is 0 Å². The van der Waals surface area contributed by atoms with E-state index in [2.05, 4.69) is 6.07 Å². The Hall–Kier alpha value is -1.82. The lowest BCUT2D eigenvalue weighted by Gasteiger charge is -2.09. The van der Waals surface area contributed by atoms with Crippen LogP contribution in [0.3, 0.4) is 0 Å². The average Bonchev–Trinajstić information content (AvgIpc) is 3.14. The summed E-state index contributed by atoms with van der Waals surface area (Å²) in [4.78, 5) is 11.9. The normalized spacial score (nSPS) is 16.2. The molecule has 0 aliphatic heterocycles. The average molecular weight is 215 g/mol. The van der Waals surface area contributed by atoms with Crippen LogP contribution >= 0.6 is 0 Å². The van der Waals surface area contributed by atoms with Crippen LogP contribution in [0.4, 0.5) is 0 Å². The highest BCUT2D eigenvalue weighted by Gasteiger charge is 2.35. The quantitative estimate of drug-likeness (QED) is 0.774. The molecular formula is C13H13NO2. The minimum Gasteiger partial charge on any atom is -0.497 e. The first kappa shape index (κ1) is 10.7. The van der Waals surface area contributed by atoms with E-state index in [1.807, 2.05) is 0 Å². The molecule has 1 aliphatic rings. The molecule has 3 nitrogen and oxygen atoms in total. The summed E-state index contributed by atoms with van der Waals surface area (Å²) in [6, 6.07) is 9.26. The molecule has 3 heteroatoms. The van der Waals surface area contributed by atoms with Gasteiger partial charge in [0.1, 0.15) is 11.7 Å². The van der Waals surface area contributed by atoms with Gasteiger partial charge in [-0.1, -0.05) is 12.1 Å². The Labute approximate surface area is 94.6 Å². The largest absolute Gasteiger partial charge is 0.497 e. The van der Waals surface area contributed by atoms with Gasteiger partial charge < -0.3 is 4.74 Å². The molecule has 1 aliphatic carbocycles. The van der Waals surface area contributed by atoms with Crippen molar-refractivity contribution >= 4 is 5.78 Å². The molecule has 1 aromatic rings. The second kappa shape index (κ2) is 4.36. The summed E-state index contributed by atoms with van der Waals surface area (Å²) < 4.78 is 5.08. The maximum absolute atomic E-state index is 11.9. The Bertz CT molecular complexity index is 443. The van der Waals surface area contributed by atoms with Crippen molar-refractivity contribution in [1.29, 1.82) is 5.26 Å². The van der Waals surface area contributed by atoms with Crippen molar-refractivity contribution in [2.45, 2.75) is 18.8 Å². The van der Waals surface area contributed by atoms with E-state index in [4.69, 9.17) is 10.00 Å². The van der Waals surface area contributed by atoms with E-state index in [-0.39, 0.29) is 11.7 Å². The van der Waals surface area contributed by atoms with Crippen LogP contribution in [0.2, 0.25) is 0 Å². The first-order valence-corrected chi connectivity index (χ1v) is 5.33. The van der Waals surface area contributed by atoms with Crippen LogP contribution in [-0.4, -0.2) is 12.9 Å².